The van der Waals surface area contributed by atoms with Gasteiger partial charge in [-0.25, -0.2) is 0 Å². The van der Waals surface area contributed by atoms with Crippen molar-refractivity contribution in [3.05, 3.63) is 65.2 Å². The van der Waals surface area contributed by atoms with Crippen LogP contribution < -0.4 is 4.74 Å². The van der Waals surface area contributed by atoms with Crippen molar-refractivity contribution in [1.82, 2.24) is 9.80 Å². The first-order valence-corrected chi connectivity index (χ1v) is 10.4. The molecule has 2 atom stereocenters. The van der Waals surface area contributed by atoms with Gasteiger partial charge in [0.05, 0.1) is 7.11 Å². The smallest absolute Gasteiger partial charge is 0.223 e. The van der Waals surface area contributed by atoms with Crippen LogP contribution >= 0.6 is 0 Å². The number of piperazine rings is 1. The standard InChI is InChI=1S/C24H30N2O2/c1-18(20-7-5-8-22(16-20)28-2)25-12-14-26(15-13-25)24(27)17-21-11-10-19-6-3-4-9-23(19)21/h3-9,16,18,21H,10-15,17H2,1-2H3. The Morgan fingerprint density at radius 3 is 2.68 bits per heavy atom. The number of ether oxygens (including phenoxy) is 1. The van der Waals surface area contributed by atoms with E-state index < -0.39 is 0 Å². The summed E-state index contributed by atoms with van der Waals surface area (Å²) in [5.41, 5.74) is 4.08. The zero-order chi connectivity index (χ0) is 19.5. The Labute approximate surface area is 168 Å². The molecule has 0 bridgehead atoms. The molecule has 1 aliphatic heterocycles. The van der Waals surface area contributed by atoms with E-state index in [0.717, 1.165) is 44.8 Å². The summed E-state index contributed by atoms with van der Waals surface area (Å²) in [6.45, 7) is 5.72. The predicted molar refractivity (Wildman–Crippen MR) is 112 cm³/mol. The van der Waals surface area contributed by atoms with Gasteiger partial charge in [0.25, 0.3) is 0 Å². The molecule has 1 aliphatic carbocycles. The summed E-state index contributed by atoms with van der Waals surface area (Å²) in [4.78, 5) is 17.4. The maximum atomic E-state index is 12.9. The van der Waals surface area contributed by atoms with Crippen LogP contribution in [0.3, 0.4) is 0 Å². The maximum absolute atomic E-state index is 12.9. The first-order valence-electron chi connectivity index (χ1n) is 10.4. The van der Waals surface area contributed by atoms with Crippen LogP contribution in [-0.2, 0) is 11.2 Å². The third-order valence-electron chi connectivity index (χ3n) is 6.47. The Balaban J connectivity index is 1.32. The predicted octanol–water partition coefficient (Wildman–Crippen LogP) is 4.02. The quantitative estimate of drug-likeness (QED) is 0.788. The second-order valence-electron chi connectivity index (χ2n) is 8.01. The Hall–Kier alpha value is -2.33. The van der Waals surface area contributed by atoms with Gasteiger partial charge in [0.1, 0.15) is 5.75 Å². The lowest BCUT2D eigenvalue weighted by atomic mass is 9.97. The maximum Gasteiger partial charge on any atom is 0.223 e. The Morgan fingerprint density at radius 1 is 1.11 bits per heavy atom. The Morgan fingerprint density at radius 2 is 1.89 bits per heavy atom. The highest BCUT2D eigenvalue weighted by Crippen LogP contribution is 2.35. The zero-order valence-corrected chi connectivity index (χ0v) is 16.9. The summed E-state index contributed by atoms with van der Waals surface area (Å²) < 4.78 is 5.36. The number of hydrogen-bond donors (Lipinski definition) is 0. The molecule has 2 unspecified atom stereocenters. The SMILES string of the molecule is COc1cccc(C(C)N2CCN(C(=O)CC3CCc4ccccc43)CC2)c1. The van der Waals surface area contributed by atoms with Gasteiger partial charge in [-0.2, -0.15) is 0 Å². The van der Waals surface area contributed by atoms with Crippen molar-refractivity contribution in [2.24, 2.45) is 0 Å². The fraction of sp³-hybridized carbons (Fsp3) is 0.458. The monoisotopic (exact) mass is 378 g/mol. The fourth-order valence-corrected chi connectivity index (χ4v) is 4.67. The van der Waals surface area contributed by atoms with Crippen molar-refractivity contribution < 1.29 is 9.53 Å². The van der Waals surface area contributed by atoms with E-state index in [1.54, 1.807) is 7.11 Å². The number of fused-ring (bicyclic) bond motifs is 1. The third kappa shape index (κ3) is 3.93. The number of benzene rings is 2. The van der Waals surface area contributed by atoms with E-state index in [0.29, 0.717) is 24.3 Å². The molecular formula is C24H30N2O2. The number of aryl methyl sites for hydroxylation is 1. The fourth-order valence-electron chi connectivity index (χ4n) is 4.67. The number of carbonyl (C=O) groups excluding carboxylic acids is 1. The van der Waals surface area contributed by atoms with Gasteiger partial charge in [-0.1, -0.05) is 36.4 Å². The Bertz CT molecular complexity index is 827. The molecule has 1 saturated heterocycles. The van der Waals surface area contributed by atoms with E-state index in [-0.39, 0.29) is 0 Å². The molecule has 0 aromatic heterocycles. The van der Waals surface area contributed by atoms with E-state index in [4.69, 9.17) is 4.74 Å². The second kappa shape index (κ2) is 8.36. The highest BCUT2D eigenvalue weighted by molar-refractivity contribution is 5.77. The average molecular weight is 379 g/mol. The normalized spacial score (nSPS) is 20.6. The van der Waals surface area contributed by atoms with E-state index in [1.807, 2.05) is 12.1 Å². The summed E-state index contributed by atoms with van der Waals surface area (Å²) in [6.07, 6.45) is 2.88. The van der Waals surface area contributed by atoms with Gasteiger partial charge >= 0.3 is 0 Å². The molecule has 2 aromatic carbocycles. The van der Waals surface area contributed by atoms with Crippen LogP contribution in [0, 0.1) is 0 Å². The van der Waals surface area contributed by atoms with Crippen molar-refractivity contribution in [2.45, 2.75) is 38.1 Å². The largest absolute Gasteiger partial charge is 0.497 e. The number of methoxy groups -OCH3 is 1. The van der Waals surface area contributed by atoms with Crippen LogP contribution in [0.1, 0.15) is 48.4 Å². The van der Waals surface area contributed by atoms with Crippen LogP contribution in [0.15, 0.2) is 48.5 Å². The number of nitrogens with zero attached hydrogens (tertiary/aromatic N) is 2. The summed E-state index contributed by atoms with van der Waals surface area (Å²) in [6, 6.07) is 17.2. The molecule has 148 valence electrons. The molecule has 1 amide bonds. The number of amides is 1. The molecule has 1 fully saturated rings. The van der Waals surface area contributed by atoms with Gasteiger partial charge in [0.2, 0.25) is 5.91 Å². The minimum atomic E-state index is 0.315. The number of hydrogen-bond acceptors (Lipinski definition) is 3. The molecule has 4 heteroatoms. The second-order valence-corrected chi connectivity index (χ2v) is 8.01. The number of rotatable bonds is 5. The van der Waals surface area contributed by atoms with Gasteiger partial charge in [0, 0.05) is 38.6 Å². The molecule has 4 nitrogen and oxygen atoms in total. The van der Waals surface area contributed by atoms with Crippen LogP contribution in [0.25, 0.3) is 0 Å². The van der Waals surface area contributed by atoms with E-state index in [2.05, 4.69) is 53.1 Å². The molecule has 2 aromatic rings. The topological polar surface area (TPSA) is 32.8 Å². The molecular weight excluding hydrogens is 348 g/mol. The molecule has 0 N–H and O–H groups in total. The van der Waals surface area contributed by atoms with Crippen molar-refractivity contribution in [2.75, 3.05) is 33.3 Å². The molecule has 4 rings (SSSR count). The molecule has 1 heterocycles. The van der Waals surface area contributed by atoms with E-state index >= 15 is 0 Å². The summed E-state index contributed by atoms with van der Waals surface area (Å²) in [7, 11) is 1.71. The third-order valence-corrected chi connectivity index (χ3v) is 6.47. The van der Waals surface area contributed by atoms with Crippen molar-refractivity contribution in [1.29, 1.82) is 0 Å². The van der Waals surface area contributed by atoms with Crippen LogP contribution in [0.5, 0.6) is 5.75 Å². The number of carbonyl (C=O) groups is 1. The lowest BCUT2D eigenvalue weighted by molar-refractivity contribution is -0.133. The van der Waals surface area contributed by atoms with Gasteiger partial charge in [-0.3, -0.25) is 9.69 Å². The van der Waals surface area contributed by atoms with Gasteiger partial charge < -0.3 is 9.64 Å². The van der Waals surface area contributed by atoms with Crippen molar-refractivity contribution in [3.63, 3.8) is 0 Å². The lowest BCUT2D eigenvalue weighted by Crippen LogP contribution is -2.49. The van der Waals surface area contributed by atoms with Crippen molar-refractivity contribution in [3.8, 4) is 5.75 Å². The van der Waals surface area contributed by atoms with Gasteiger partial charge in [-0.15, -0.1) is 0 Å². The molecule has 2 aliphatic rings. The van der Waals surface area contributed by atoms with Crippen LogP contribution in [-0.4, -0.2) is 49.0 Å². The molecule has 0 radical (unpaired) electrons. The summed E-state index contributed by atoms with van der Waals surface area (Å²) >= 11 is 0. The van der Waals surface area contributed by atoms with Crippen LogP contribution in [0.4, 0.5) is 0 Å². The highest BCUT2D eigenvalue weighted by atomic mass is 16.5. The van der Waals surface area contributed by atoms with Crippen LogP contribution in [0.2, 0.25) is 0 Å². The molecule has 0 saturated carbocycles. The van der Waals surface area contributed by atoms with Gasteiger partial charge in [0.15, 0.2) is 0 Å². The van der Waals surface area contributed by atoms with E-state index in [9.17, 15) is 4.79 Å². The zero-order valence-electron chi connectivity index (χ0n) is 16.9. The summed E-state index contributed by atoms with van der Waals surface area (Å²) in [5, 5.41) is 0. The minimum Gasteiger partial charge on any atom is -0.497 e. The van der Waals surface area contributed by atoms with Gasteiger partial charge in [-0.05, 0) is 54.5 Å². The first-order chi connectivity index (χ1) is 13.7. The molecule has 28 heavy (non-hydrogen) atoms. The first kappa shape index (κ1) is 19.0. The van der Waals surface area contributed by atoms with Crippen molar-refractivity contribution >= 4 is 5.91 Å². The average Bonchev–Trinajstić information content (AvgIpc) is 3.16. The van der Waals surface area contributed by atoms with E-state index in [1.165, 1.54) is 16.7 Å². The summed E-state index contributed by atoms with van der Waals surface area (Å²) in [5.74, 6) is 1.61. The lowest BCUT2D eigenvalue weighted by Gasteiger charge is -2.38. The molecule has 0 spiro atoms. The highest BCUT2D eigenvalue weighted by Gasteiger charge is 2.29. The minimum absolute atomic E-state index is 0.315. The Kier molecular flexibility index (Phi) is 5.67.